The Balaban J connectivity index is 1.60. The SMILES string of the molecule is COc1ccc(C2CCCN2C(=O)c2ccc3c(c2)CCCC3)cc1OC. The van der Waals surface area contributed by atoms with Crippen LogP contribution in [0.25, 0.3) is 0 Å². The number of likely N-dealkylation sites (tertiary alicyclic amines) is 1. The van der Waals surface area contributed by atoms with E-state index in [4.69, 9.17) is 9.47 Å². The normalized spacial score (nSPS) is 18.9. The quantitative estimate of drug-likeness (QED) is 0.797. The zero-order chi connectivity index (χ0) is 18.8. The number of hydrogen-bond acceptors (Lipinski definition) is 3. The van der Waals surface area contributed by atoms with Crippen LogP contribution in [0.2, 0.25) is 0 Å². The van der Waals surface area contributed by atoms with E-state index in [1.165, 1.54) is 24.0 Å². The van der Waals surface area contributed by atoms with Crippen molar-refractivity contribution in [2.75, 3.05) is 20.8 Å². The zero-order valence-electron chi connectivity index (χ0n) is 16.2. The van der Waals surface area contributed by atoms with Crippen LogP contribution in [-0.2, 0) is 12.8 Å². The highest BCUT2D eigenvalue weighted by Crippen LogP contribution is 2.37. The summed E-state index contributed by atoms with van der Waals surface area (Å²) in [5.74, 6) is 1.57. The number of benzene rings is 2. The van der Waals surface area contributed by atoms with Gasteiger partial charge in [0.05, 0.1) is 20.3 Å². The Hall–Kier alpha value is -2.49. The first-order valence-electron chi connectivity index (χ1n) is 9.86. The van der Waals surface area contributed by atoms with Crippen LogP contribution in [0.3, 0.4) is 0 Å². The van der Waals surface area contributed by atoms with Gasteiger partial charge in [-0.1, -0.05) is 12.1 Å². The minimum Gasteiger partial charge on any atom is -0.493 e. The average Bonchev–Trinajstić information content (AvgIpc) is 3.22. The Morgan fingerprint density at radius 3 is 2.48 bits per heavy atom. The average molecular weight is 365 g/mol. The number of carbonyl (C=O) groups excluding carboxylic acids is 1. The van der Waals surface area contributed by atoms with Crippen molar-refractivity contribution in [1.82, 2.24) is 4.90 Å². The Kier molecular flexibility index (Phi) is 5.06. The molecule has 0 bridgehead atoms. The van der Waals surface area contributed by atoms with Crippen molar-refractivity contribution < 1.29 is 14.3 Å². The second kappa shape index (κ2) is 7.63. The molecule has 1 unspecified atom stereocenters. The maximum absolute atomic E-state index is 13.3. The molecule has 1 fully saturated rings. The lowest BCUT2D eigenvalue weighted by Gasteiger charge is -2.26. The highest BCUT2D eigenvalue weighted by Gasteiger charge is 2.31. The van der Waals surface area contributed by atoms with Gasteiger partial charge < -0.3 is 14.4 Å². The smallest absolute Gasteiger partial charge is 0.254 e. The summed E-state index contributed by atoms with van der Waals surface area (Å²) in [5, 5.41) is 0. The Morgan fingerprint density at radius 2 is 1.70 bits per heavy atom. The lowest BCUT2D eigenvalue weighted by atomic mass is 9.90. The molecular weight excluding hydrogens is 338 g/mol. The van der Waals surface area contributed by atoms with Crippen molar-refractivity contribution in [2.45, 2.75) is 44.6 Å². The molecule has 4 heteroatoms. The van der Waals surface area contributed by atoms with Crippen molar-refractivity contribution >= 4 is 5.91 Å². The molecule has 1 amide bonds. The number of aryl methyl sites for hydroxylation is 2. The fourth-order valence-electron chi connectivity index (χ4n) is 4.45. The molecule has 27 heavy (non-hydrogen) atoms. The molecule has 4 nitrogen and oxygen atoms in total. The molecule has 1 aliphatic heterocycles. The summed E-state index contributed by atoms with van der Waals surface area (Å²) < 4.78 is 10.8. The maximum Gasteiger partial charge on any atom is 0.254 e. The van der Waals surface area contributed by atoms with Gasteiger partial charge in [-0.25, -0.2) is 0 Å². The van der Waals surface area contributed by atoms with E-state index in [0.29, 0.717) is 11.5 Å². The molecule has 2 aromatic carbocycles. The van der Waals surface area contributed by atoms with Crippen molar-refractivity contribution in [3.8, 4) is 11.5 Å². The largest absolute Gasteiger partial charge is 0.493 e. The van der Waals surface area contributed by atoms with Crippen LogP contribution in [-0.4, -0.2) is 31.6 Å². The van der Waals surface area contributed by atoms with Gasteiger partial charge in [-0.3, -0.25) is 4.79 Å². The Labute approximate surface area is 161 Å². The van der Waals surface area contributed by atoms with Crippen LogP contribution in [0.4, 0.5) is 0 Å². The van der Waals surface area contributed by atoms with E-state index in [1.54, 1.807) is 14.2 Å². The number of rotatable bonds is 4. The Bertz CT molecular complexity index is 846. The molecule has 1 aliphatic carbocycles. The van der Waals surface area contributed by atoms with Crippen molar-refractivity contribution in [2.24, 2.45) is 0 Å². The third-order valence-corrected chi connectivity index (χ3v) is 5.90. The van der Waals surface area contributed by atoms with Crippen molar-refractivity contribution in [1.29, 1.82) is 0 Å². The van der Waals surface area contributed by atoms with Crippen molar-refractivity contribution in [3.05, 3.63) is 58.7 Å². The van der Waals surface area contributed by atoms with Gasteiger partial charge in [0.25, 0.3) is 5.91 Å². The van der Waals surface area contributed by atoms with Crippen LogP contribution in [0, 0.1) is 0 Å². The summed E-state index contributed by atoms with van der Waals surface area (Å²) in [4.78, 5) is 15.3. The van der Waals surface area contributed by atoms with Crippen LogP contribution in [0.15, 0.2) is 36.4 Å². The summed E-state index contributed by atoms with van der Waals surface area (Å²) >= 11 is 0. The highest BCUT2D eigenvalue weighted by molar-refractivity contribution is 5.95. The third-order valence-electron chi connectivity index (χ3n) is 5.90. The zero-order valence-corrected chi connectivity index (χ0v) is 16.2. The summed E-state index contributed by atoms with van der Waals surface area (Å²) in [7, 11) is 3.28. The first-order chi connectivity index (χ1) is 13.2. The maximum atomic E-state index is 13.3. The molecule has 2 aliphatic rings. The van der Waals surface area contributed by atoms with E-state index in [2.05, 4.69) is 12.1 Å². The van der Waals surface area contributed by atoms with Gasteiger partial charge in [0.2, 0.25) is 0 Å². The predicted molar refractivity (Wildman–Crippen MR) is 106 cm³/mol. The molecule has 1 saturated heterocycles. The summed E-state index contributed by atoms with van der Waals surface area (Å²) in [5.41, 5.74) is 4.70. The molecule has 1 heterocycles. The lowest BCUT2D eigenvalue weighted by molar-refractivity contribution is 0.0735. The molecule has 142 valence electrons. The first kappa shape index (κ1) is 17.9. The lowest BCUT2D eigenvalue weighted by Crippen LogP contribution is -2.30. The number of methoxy groups -OCH3 is 2. The Morgan fingerprint density at radius 1 is 0.926 bits per heavy atom. The fourth-order valence-corrected chi connectivity index (χ4v) is 4.45. The van der Waals surface area contributed by atoms with Gasteiger partial charge >= 0.3 is 0 Å². The van der Waals surface area contributed by atoms with E-state index in [1.807, 2.05) is 29.2 Å². The number of carbonyl (C=O) groups is 1. The van der Waals surface area contributed by atoms with Crippen LogP contribution >= 0.6 is 0 Å². The minimum atomic E-state index is 0.0911. The number of hydrogen-bond donors (Lipinski definition) is 0. The first-order valence-corrected chi connectivity index (χ1v) is 9.86. The second-order valence-corrected chi connectivity index (χ2v) is 7.46. The molecule has 0 radical (unpaired) electrons. The molecule has 4 rings (SSSR count). The number of ether oxygens (including phenoxy) is 2. The van der Waals surface area contributed by atoms with Gasteiger partial charge in [0, 0.05) is 12.1 Å². The molecular formula is C23H27NO3. The molecule has 0 aromatic heterocycles. The molecule has 1 atom stereocenters. The number of fused-ring (bicyclic) bond motifs is 1. The van der Waals surface area contributed by atoms with Gasteiger partial charge in [0.15, 0.2) is 11.5 Å². The van der Waals surface area contributed by atoms with E-state index >= 15 is 0 Å². The fraction of sp³-hybridized carbons (Fsp3) is 0.435. The molecule has 0 saturated carbocycles. The predicted octanol–water partition coefficient (Wildman–Crippen LogP) is 4.56. The summed E-state index contributed by atoms with van der Waals surface area (Å²) in [6.45, 7) is 0.801. The van der Waals surface area contributed by atoms with Crippen LogP contribution < -0.4 is 9.47 Å². The number of nitrogens with zero attached hydrogens (tertiary/aromatic N) is 1. The molecule has 0 N–H and O–H groups in total. The van der Waals surface area contributed by atoms with Crippen LogP contribution in [0.5, 0.6) is 11.5 Å². The van der Waals surface area contributed by atoms with Gasteiger partial charge in [0.1, 0.15) is 0 Å². The topological polar surface area (TPSA) is 38.8 Å². The summed E-state index contributed by atoms with van der Waals surface area (Å²) in [6, 6.07) is 12.4. The van der Waals surface area contributed by atoms with Gasteiger partial charge in [-0.05, 0) is 79.5 Å². The standard InChI is InChI=1S/C23H27NO3/c1-26-21-12-11-18(15-22(21)27-2)20-8-5-13-24(20)23(25)19-10-9-16-6-3-4-7-17(16)14-19/h9-12,14-15,20H,3-8,13H2,1-2H3. The number of amides is 1. The summed E-state index contributed by atoms with van der Waals surface area (Å²) in [6.07, 6.45) is 6.72. The van der Waals surface area contributed by atoms with Crippen molar-refractivity contribution in [3.63, 3.8) is 0 Å². The van der Waals surface area contributed by atoms with Gasteiger partial charge in [-0.2, -0.15) is 0 Å². The second-order valence-electron chi connectivity index (χ2n) is 7.46. The van der Waals surface area contributed by atoms with E-state index in [0.717, 1.165) is 43.4 Å². The highest BCUT2D eigenvalue weighted by atomic mass is 16.5. The molecule has 0 spiro atoms. The third kappa shape index (κ3) is 3.41. The monoisotopic (exact) mass is 365 g/mol. The minimum absolute atomic E-state index is 0.0911. The van der Waals surface area contributed by atoms with E-state index in [-0.39, 0.29) is 11.9 Å². The van der Waals surface area contributed by atoms with Gasteiger partial charge in [-0.15, -0.1) is 0 Å². The van der Waals surface area contributed by atoms with Crippen LogP contribution in [0.1, 0.15) is 58.8 Å². The van der Waals surface area contributed by atoms with E-state index < -0.39 is 0 Å². The molecule has 2 aromatic rings. The van der Waals surface area contributed by atoms with E-state index in [9.17, 15) is 4.79 Å².